The van der Waals surface area contributed by atoms with E-state index < -0.39 is 0 Å². The molecular weight excluding hydrogens is 272 g/mol. The Bertz CT molecular complexity index is 602. The first-order chi connectivity index (χ1) is 10.8. The van der Waals surface area contributed by atoms with E-state index in [1.54, 1.807) is 0 Å². The average Bonchev–Trinajstić information content (AvgIpc) is 3.35. The van der Waals surface area contributed by atoms with E-state index in [9.17, 15) is 0 Å². The molecule has 1 aliphatic heterocycles. The van der Waals surface area contributed by atoms with Gasteiger partial charge in [0.05, 0.1) is 6.61 Å². The van der Waals surface area contributed by atoms with Gasteiger partial charge in [-0.3, -0.25) is 0 Å². The first-order valence-electron chi connectivity index (χ1n) is 8.19. The molecule has 0 bridgehead atoms. The molecule has 1 atom stereocenters. The summed E-state index contributed by atoms with van der Waals surface area (Å²) in [5.74, 6) is 1.02. The molecule has 0 aromatic heterocycles. The van der Waals surface area contributed by atoms with Crippen LogP contribution in [0.4, 0.5) is 0 Å². The number of hydrogen-bond donors (Lipinski definition) is 0. The molecule has 2 heteroatoms. The average molecular weight is 296 g/mol. The molecule has 2 aromatic rings. The molecule has 0 radical (unpaired) electrons. The summed E-state index contributed by atoms with van der Waals surface area (Å²) >= 11 is 0. The largest absolute Gasteiger partial charge is 0.491 e. The second kappa shape index (κ2) is 7.46. The molecule has 0 spiro atoms. The van der Waals surface area contributed by atoms with Crippen molar-refractivity contribution in [1.29, 1.82) is 0 Å². The number of unbranched alkanes of at least 4 members (excludes halogenated alkanes) is 1. The Morgan fingerprint density at radius 3 is 2.68 bits per heavy atom. The maximum Gasteiger partial charge on any atom is 0.122 e. The van der Waals surface area contributed by atoms with Crippen LogP contribution in [0.1, 0.15) is 29.5 Å². The van der Waals surface area contributed by atoms with Crippen LogP contribution in [0.15, 0.2) is 48.5 Å². The van der Waals surface area contributed by atoms with Crippen LogP contribution in [0, 0.1) is 6.92 Å². The van der Waals surface area contributed by atoms with E-state index in [4.69, 9.17) is 9.47 Å². The highest BCUT2D eigenvalue weighted by Crippen LogP contribution is 2.22. The fraction of sp³-hybridized carbons (Fsp3) is 0.400. The number of aryl methyl sites for hydroxylation is 3. The minimum absolute atomic E-state index is 0.314. The highest BCUT2D eigenvalue weighted by atomic mass is 16.6. The lowest BCUT2D eigenvalue weighted by atomic mass is 10.0. The molecule has 1 fully saturated rings. The summed E-state index contributed by atoms with van der Waals surface area (Å²) in [7, 11) is 0. The first-order valence-corrected chi connectivity index (χ1v) is 8.19. The van der Waals surface area contributed by atoms with Crippen LogP contribution < -0.4 is 4.74 Å². The molecule has 2 nitrogen and oxygen atoms in total. The summed E-state index contributed by atoms with van der Waals surface area (Å²) in [5.41, 5.74) is 4.10. The maximum atomic E-state index is 5.87. The second-order valence-electron chi connectivity index (χ2n) is 6.07. The predicted octanol–water partition coefficient (Wildman–Crippen LogP) is 4.34. The summed E-state index contributed by atoms with van der Waals surface area (Å²) in [4.78, 5) is 0. The van der Waals surface area contributed by atoms with E-state index in [0.29, 0.717) is 12.7 Å². The summed E-state index contributed by atoms with van der Waals surface area (Å²) in [5, 5.41) is 0. The van der Waals surface area contributed by atoms with Crippen molar-refractivity contribution in [3.05, 3.63) is 65.2 Å². The zero-order chi connectivity index (χ0) is 15.2. The van der Waals surface area contributed by atoms with Crippen molar-refractivity contribution >= 4 is 0 Å². The lowest BCUT2D eigenvalue weighted by Gasteiger charge is -2.10. The van der Waals surface area contributed by atoms with E-state index in [1.807, 2.05) is 6.07 Å². The van der Waals surface area contributed by atoms with Gasteiger partial charge in [-0.25, -0.2) is 0 Å². The highest BCUT2D eigenvalue weighted by Gasteiger charge is 2.23. The Hall–Kier alpha value is -1.80. The number of hydrogen-bond acceptors (Lipinski definition) is 2. The number of ether oxygens (including phenoxy) is 2. The Morgan fingerprint density at radius 1 is 1.05 bits per heavy atom. The van der Waals surface area contributed by atoms with E-state index in [2.05, 4.69) is 49.4 Å². The summed E-state index contributed by atoms with van der Waals surface area (Å²) in [6, 6.07) is 17.2. The van der Waals surface area contributed by atoms with Gasteiger partial charge in [0.2, 0.25) is 0 Å². The fourth-order valence-electron chi connectivity index (χ4n) is 2.71. The summed E-state index contributed by atoms with van der Waals surface area (Å²) in [6.45, 7) is 3.68. The third-order valence-corrected chi connectivity index (χ3v) is 4.04. The molecule has 1 unspecified atom stereocenters. The number of epoxide rings is 1. The third-order valence-electron chi connectivity index (χ3n) is 4.04. The molecular formula is C20H24O2. The van der Waals surface area contributed by atoms with Crippen LogP contribution >= 0.6 is 0 Å². The first kappa shape index (κ1) is 15.1. The standard InChI is InChI=1S/C20H24O2/c1-16-7-6-9-17(13-16)8-2-3-10-18-11-4-5-12-20(18)22-15-19-14-21-19/h4-7,9,11-13,19H,2-3,8,10,14-15H2,1H3. The fourth-order valence-corrected chi connectivity index (χ4v) is 2.71. The van der Waals surface area contributed by atoms with Crippen LogP contribution in [0.2, 0.25) is 0 Å². The zero-order valence-electron chi connectivity index (χ0n) is 13.3. The predicted molar refractivity (Wildman–Crippen MR) is 89.5 cm³/mol. The van der Waals surface area contributed by atoms with Crippen molar-refractivity contribution in [2.24, 2.45) is 0 Å². The minimum atomic E-state index is 0.314. The van der Waals surface area contributed by atoms with Crippen LogP contribution in [0.5, 0.6) is 5.75 Å². The molecule has 3 rings (SSSR count). The monoisotopic (exact) mass is 296 g/mol. The Kier molecular flexibility index (Phi) is 5.12. The van der Waals surface area contributed by atoms with Crippen LogP contribution in [-0.2, 0) is 17.6 Å². The molecule has 1 heterocycles. The molecule has 1 saturated heterocycles. The number of rotatable bonds is 8. The molecule has 0 aliphatic carbocycles. The summed E-state index contributed by atoms with van der Waals surface area (Å²) in [6.07, 6.45) is 4.95. The van der Waals surface area contributed by atoms with Gasteiger partial charge in [-0.15, -0.1) is 0 Å². The zero-order valence-corrected chi connectivity index (χ0v) is 13.3. The molecule has 116 valence electrons. The van der Waals surface area contributed by atoms with Gasteiger partial charge in [0.25, 0.3) is 0 Å². The van der Waals surface area contributed by atoms with Gasteiger partial charge in [0, 0.05) is 0 Å². The van der Waals surface area contributed by atoms with Crippen molar-refractivity contribution in [2.75, 3.05) is 13.2 Å². The van der Waals surface area contributed by atoms with Crippen molar-refractivity contribution in [2.45, 2.75) is 38.7 Å². The molecule has 22 heavy (non-hydrogen) atoms. The van der Waals surface area contributed by atoms with Crippen molar-refractivity contribution in [3.63, 3.8) is 0 Å². The molecule has 2 aromatic carbocycles. The highest BCUT2D eigenvalue weighted by molar-refractivity contribution is 5.33. The van der Waals surface area contributed by atoms with Gasteiger partial charge >= 0.3 is 0 Å². The Morgan fingerprint density at radius 2 is 1.86 bits per heavy atom. The normalized spacial score (nSPS) is 16.5. The Balaban J connectivity index is 1.46. The van der Waals surface area contributed by atoms with Gasteiger partial charge < -0.3 is 9.47 Å². The number of para-hydroxylation sites is 1. The van der Waals surface area contributed by atoms with Gasteiger partial charge in [-0.2, -0.15) is 0 Å². The minimum Gasteiger partial charge on any atom is -0.491 e. The lowest BCUT2D eigenvalue weighted by Crippen LogP contribution is -2.05. The SMILES string of the molecule is Cc1cccc(CCCCc2ccccc2OCC2CO2)c1. The van der Waals surface area contributed by atoms with Crippen molar-refractivity contribution < 1.29 is 9.47 Å². The van der Waals surface area contributed by atoms with E-state index in [-0.39, 0.29) is 0 Å². The molecule has 0 N–H and O–H groups in total. The topological polar surface area (TPSA) is 21.8 Å². The van der Waals surface area contributed by atoms with E-state index in [0.717, 1.165) is 25.2 Å². The molecule has 0 saturated carbocycles. The summed E-state index contributed by atoms with van der Waals surface area (Å²) < 4.78 is 11.1. The smallest absolute Gasteiger partial charge is 0.122 e. The Labute approximate surface area is 133 Å². The van der Waals surface area contributed by atoms with Gasteiger partial charge in [-0.1, -0.05) is 48.0 Å². The third kappa shape index (κ3) is 4.60. The van der Waals surface area contributed by atoms with Crippen LogP contribution in [0.25, 0.3) is 0 Å². The van der Waals surface area contributed by atoms with Crippen molar-refractivity contribution in [3.8, 4) is 5.75 Å². The molecule has 1 aliphatic rings. The molecule has 0 amide bonds. The number of benzene rings is 2. The van der Waals surface area contributed by atoms with E-state index >= 15 is 0 Å². The van der Waals surface area contributed by atoms with Gasteiger partial charge in [0.15, 0.2) is 0 Å². The quantitative estimate of drug-likeness (QED) is 0.534. The van der Waals surface area contributed by atoms with Gasteiger partial charge in [0.1, 0.15) is 18.5 Å². The van der Waals surface area contributed by atoms with Crippen LogP contribution in [0.3, 0.4) is 0 Å². The van der Waals surface area contributed by atoms with Crippen LogP contribution in [-0.4, -0.2) is 19.3 Å². The van der Waals surface area contributed by atoms with Gasteiger partial charge in [-0.05, 0) is 49.8 Å². The van der Waals surface area contributed by atoms with Crippen molar-refractivity contribution in [1.82, 2.24) is 0 Å². The van der Waals surface area contributed by atoms with E-state index in [1.165, 1.54) is 29.5 Å². The maximum absolute atomic E-state index is 5.87. The second-order valence-corrected chi connectivity index (χ2v) is 6.07. The lowest BCUT2D eigenvalue weighted by molar-refractivity contribution is 0.261.